The van der Waals surface area contributed by atoms with E-state index in [2.05, 4.69) is 36.6 Å². The molecule has 2 saturated heterocycles. The largest absolute Gasteiger partial charge is 0.497 e. The molecule has 3 aromatic heterocycles. The normalized spacial score (nSPS) is 19.7. The van der Waals surface area contributed by atoms with Gasteiger partial charge in [0.05, 0.1) is 59.0 Å². The number of carbonyl (C=O) groups excluding carboxylic acids is 2. The molecular formula is C61H72N10O15P2. The van der Waals surface area contributed by atoms with Crippen LogP contribution in [0.25, 0.3) is 11.2 Å². The number of phosphoric acid groups is 1. The van der Waals surface area contributed by atoms with Crippen molar-refractivity contribution in [3.05, 3.63) is 171 Å². The van der Waals surface area contributed by atoms with E-state index < -0.39 is 88.5 Å². The number of nitrogens with one attached hydrogen (secondary N) is 3. The number of aromatic nitrogens is 6. The highest BCUT2D eigenvalue weighted by atomic mass is 31.2. The molecule has 2 aliphatic rings. The second kappa shape index (κ2) is 29.2. The predicted octanol–water partition coefficient (Wildman–Crippen LogP) is 9.64. The van der Waals surface area contributed by atoms with E-state index in [1.807, 2.05) is 111 Å². The summed E-state index contributed by atoms with van der Waals surface area (Å²) in [6.07, 6.45) is -3.42. The number of ether oxygens (including phenoxy) is 5. The first kappa shape index (κ1) is 64.9. The molecular weight excluding hydrogens is 1170 g/mol. The number of anilines is 2. The zero-order chi connectivity index (χ0) is 62.7. The Balaban J connectivity index is 1.06. The van der Waals surface area contributed by atoms with Gasteiger partial charge in [-0.3, -0.25) is 47.4 Å². The van der Waals surface area contributed by atoms with Crippen LogP contribution in [0.4, 0.5) is 11.8 Å². The number of imidazole rings is 1. The predicted molar refractivity (Wildman–Crippen MR) is 325 cm³/mol. The maximum Gasteiger partial charge on any atom is 0.474 e. The van der Waals surface area contributed by atoms with E-state index in [1.165, 1.54) is 34.8 Å². The minimum atomic E-state index is -4.70. The number of nitrogens with zero attached hydrogens (tertiary/aromatic N) is 7. The summed E-state index contributed by atoms with van der Waals surface area (Å²) < 4.78 is 83.7. The number of aromatic amines is 1. The summed E-state index contributed by atoms with van der Waals surface area (Å²) in [6.45, 7) is 10.7. The molecule has 466 valence electrons. The zero-order valence-corrected chi connectivity index (χ0v) is 52.0. The Labute approximate surface area is 510 Å². The van der Waals surface area contributed by atoms with Gasteiger partial charge in [0.2, 0.25) is 11.9 Å². The average Bonchev–Trinajstić information content (AvgIpc) is 3.28. The highest BCUT2D eigenvalue weighted by Gasteiger charge is 2.48. The molecule has 3 N–H and O–H groups in total. The van der Waals surface area contributed by atoms with Crippen LogP contribution in [0.2, 0.25) is 0 Å². The van der Waals surface area contributed by atoms with Crippen molar-refractivity contribution < 1.29 is 60.5 Å². The quantitative estimate of drug-likeness (QED) is 0.0233. The van der Waals surface area contributed by atoms with Crippen LogP contribution >= 0.6 is 16.3 Å². The van der Waals surface area contributed by atoms with Gasteiger partial charge in [-0.25, -0.2) is 19.0 Å². The standard InChI is InChI=1S/C61H72N10O15P2/c1-38(2)56(72)67-59-66-55-54(58(74)68-59)63-37-70(55)53-33-47(85-87(81-32-16-30-62)71(39(3)4)40(5)6)50(84-53)36-82-88(76,79-9)86-48-34-52(69-31-29-51(65-60(69)75)64-57(73)41-17-12-10-13-18-41)83-49(48)35-80-61(42-19-14-11-15-20-42,43-21-25-45(77-7)26-22-43)44-23-27-46(78-8)28-24-44/h10-15,17-29,31,37-40,47-50,52-53H,16,32-36H2,1-9H3,(H,64,65,73,75)(H2,66,67,68,72,74)/t47-,48-,49+,50+,52+,53+,87?,88?/m0/s1. The van der Waals surface area contributed by atoms with Crippen molar-refractivity contribution in [2.24, 2.45) is 5.92 Å². The van der Waals surface area contributed by atoms with Crippen LogP contribution in [0.1, 0.15) is 100 Å². The van der Waals surface area contributed by atoms with Gasteiger partial charge in [-0.15, -0.1) is 0 Å². The summed E-state index contributed by atoms with van der Waals surface area (Å²) in [7, 11) is -2.28. The Kier molecular flexibility index (Phi) is 21.5. The third-order valence-electron chi connectivity index (χ3n) is 14.7. The minimum absolute atomic E-state index is 0.00296. The van der Waals surface area contributed by atoms with Crippen LogP contribution in [0, 0.1) is 17.2 Å². The second-order valence-electron chi connectivity index (χ2n) is 21.5. The van der Waals surface area contributed by atoms with Crippen molar-refractivity contribution in [2.45, 2.75) is 115 Å². The molecule has 0 saturated carbocycles. The van der Waals surface area contributed by atoms with Crippen molar-refractivity contribution in [1.82, 2.24) is 33.7 Å². The lowest BCUT2D eigenvalue weighted by Crippen LogP contribution is -2.38. The van der Waals surface area contributed by atoms with E-state index in [0.717, 1.165) is 5.56 Å². The van der Waals surface area contributed by atoms with Crippen molar-refractivity contribution in [3.8, 4) is 17.6 Å². The summed E-state index contributed by atoms with van der Waals surface area (Å²) in [4.78, 5) is 68.9. The maximum atomic E-state index is 15.3. The second-order valence-corrected chi connectivity index (χ2v) is 24.6. The number of carbonyl (C=O) groups is 2. The molecule has 0 radical (unpaired) electrons. The summed E-state index contributed by atoms with van der Waals surface area (Å²) in [5.74, 6) is -0.156. The van der Waals surface area contributed by atoms with Crippen LogP contribution in [-0.2, 0) is 51.8 Å². The van der Waals surface area contributed by atoms with Crippen molar-refractivity contribution >= 4 is 51.1 Å². The number of hydrogen-bond donors (Lipinski definition) is 3. The SMILES string of the molecule is COc1ccc(C(OC[C@H]2O[C@@H](n3ccc(NC(=O)c4ccccc4)nc3=O)C[C@@H]2OP(=O)(OC)OC[C@H]2O[C@@H](n3cnc4c(=O)[nH]c(NC(=O)C(C)C)nc43)C[C@@H]2OP(OCCC#N)N(C(C)C)C(C)C)(c2ccccc2)c2ccc(OC)cc2)cc1. The summed E-state index contributed by atoms with van der Waals surface area (Å²) >= 11 is 0. The fourth-order valence-electron chi connectivity index (χ4n) is 10.3. The number of methoxy groups -OCH3 is 2. The smallest absolute Gasteiger partial charge is 0.474 e. The average molecular weight is 1250 g/mol. The summed E-state index contributed by atoms with van der Waals surface area (Å²) in [5.41, 5.74) is -0.168. The lowest BCUT2D eigenvalue weighted by molar-refractivity contribution is -0.118. The van der Waals surface area contributed by atoms with Gasteiger partial charge in [-0.1, -0.05) is 86.6 Å². The molecule has 0 bridgehead atoms. The number of amides is 2. The molecule has 4 aromatic carbocycles. The van der Waals surface area contributed by atoms with E-state index in [1.54, 1.807) is 58.4 Å². The number of rotatable bonds is 28. The van der Waals surface area contributed by atoms with Crippen molar-refractivity contribution in [3.63, 3.8) is 0 Å². The third-order valence-corrected chi connectivity index (χ3v) is 18.3. The highest BCUT2D eigenvalue weighted by molar-refractivity contribution is 7.48. The summed E-state index contributed by atoms with van der Waals surface area (Å²) in [6, 6.07) is 36.3. The molecule has 2 amide bonds. The van der Waals surface area contributed by atoms with E-state index in [9.17, 15) is 24.4 Å². The number of nitriles is 1. The van der Waals surface area contributed by atoms with Gasteiger partial charge in [0, 0.05) is 49.7 Å². The van der Waals surface area contributed by atoms with E-state index in [0.29, 0.717) is 28.2 Å². The highest BCUT2D eigenvalue weighted by Crippen LogP contribution is 2.55. The van der Waals surface area contributed by atoms with E-state index in [4.69, 9.17) is 46.3 Å². The monoisotopic (exact) mass is 1250 g/mol. The zero-order valence-electron chi connectivity index (χ0n) is 50.2. The minimum Gasteiger partial charge on any atom is -0.497 e. The summed E-state index contributed by atoms with van der Waals surface area (Å²) in [5, 5.41) is 14.8. The van der Waals surface area contributed by atoms with Gasteiger partial charge in [0.15, 0.2) is 11.2 Å². The van der Waals surface area contributed by atoms with Crippen molar-refractivity contribution in [2.75, 3.05) is 51.8 Å². The van der Waals surface area contributed by atoms with Gasteiger partial charge in [-0.2, -0.15) is 15.2 Å². The number of fused-ring (bicyclic) bond motifs is 1. The lowest BCUT2D eigenvalue weighted by Gasteiger charge is -2.37. The molecule has 27 heteroatoms. The first-order valence-corrected chi connectivity index (χ1v) is 31.2. The molecule has 2 fully saturated rings. The molecule has 25 nitrogen and oxygen atoms in total. The third kappa shape index (κ3) is 14.9. The molecule has 0 spiro atoms. The molecule has 5 heterocycles. The molecule has 2 aliphatic heterocycles. The van der Waals surface area contributed by atoms with E-state index >= 15 is 4.57 Å². The Hall–Kier alpha value is -7.56. The number of H-pyrrole nitrogens is 1. The molecule has 88 heavy (non-hydrogen) atoms. The topological polar surface area (TPSA) is 293 Å². The van der Waals surface area contributed by atoms with Crippen LogP contribution in [0.3, 0.4) is 0 Å². The Morgan fingerprint density at radius 1 is 0.784 bits per heavy atom. The first-order chi connectivity index (χ1) is 42.4. The van der Waals surface area contributed by atoms with Crippen molar-refractivity contribution in [1.29, 1.82) is 5.26 Å². The van der Waals surface area contributed by atoms with Gasteiger partial charge >= 0.3 is 13.5 Å². The number of phosphoric ester groups is 1. The van der Waals surface area contributed by atoms with Crippen LogP contribution in [-0.4, -0.2) is 123 Å². The maximum absolute atomic E-state index is 15.3. The fraction of sp³-hybridized carbons (Fsp3) is 0.410. The first-order valence-electron chi connectivity index (χ1n) is 28.6. The molecule has 7 aromatic rings. The lowest BCUT2D eigenvalue weighted by atomic mass is 9.80. The molecule has 2 unspecified atom stereocenters. The fourth-order valence-corrected chi connectivity index (χ4v) is 13.2. The van der Waals surface area contributed by atoms with Crippen LogP contribution in [0.5, 0.6) is 11.5 Å². The van der Waals surface area contributed by atoms with Gasteiger partial charge in [-0.05, 0) is 86.8 Å². The molecule has 9 rings (SSSR count). The molecule has 0 aliphatic carbocycles. The number of benzene rings is 4. The van der Waals surface area contributed by atoms with Crippen LogP contribution < -0.4 is 31.4 Å². The molecule has 8 atom stereocenters. The Morgan fingerprint density at radius 2 is 1.38 bits per heavy atom. The Morgan fingerprint density at radius 3 is 1.95 bits per heavy atom. The Bertz CT molecular complexity index is 3640. The van der Waals surface area contributed by atoms with Crippen LogP contribution in [0.15, 0.2) is 137 Å². The van der Waals surface area contributed by atoms with Gasteiger partial charge < -0.3 is 38.0 Å². The van der Waals surface area contributed by atoms with E-state index in [-0.39, 0.29) is 73.4 Å². The number of hydrogen-bond acceptors (Lipinski definition) is 20. The van der Waals surface area contributed by atoms with Gasteiger partial charge in [0.1, 0.15) is 53.7 Å². The van der Waals surface area contributed by atoms with Gasteiger partial charge in [0.25, 0.3) is 20.0 Å².